The molecule has 1 atom stereocenters. The first kappa shape index (κ1) is 13.3. The Morgan fingerprint density at radius 2 is 1.44 bits per heavy atom. The van der Waals surface area contributed by atoms with Crippen LogP contribution in [0.5, 0.6) is 0 Å². The van der Waals surface area contributed by atoms with Crippen LogP contribution in [0.25, 0.3) is 0 Å². The molecule has 89 valence electrons. The van der Waals surface area contributed by atoms with E-state index < -0.39 is 20.0 Å². The van der Waals surface area contributed by atoms with Crippen molar-refractivity contribution in [2.75, 3.05) is 0 Å². The molecular formula is C12H16F3Si. The van der Waals surface area contributed by atoms with Gasteiger partial charge in [-0.25, -0.2) is 13.2 Å². The lowest BCUT2D eigenvalue weighted by molar-refractivity contribution is -0.0710. The number of alkyl halides is 3. The van der Waals surface area contributed by atoms with Crippen LogP contribution >= 0.6 is 0 Å². The van der Waals surface area contributed by atoms with Gasteiger partial charge in [-0.15, -0.1) is 0 Å². The predicted octanol–water partition coefficient (Wildman–Crippen LogP) is 4.11. The van der Waals surface area contributed by atoms with Crippen LogP contribution in [0.3, 0.4) is 0 Å². The summed E-state index contributed by atoms with van der Waals surface area (Å²) in [6, 6.07) is 6.18. The van der Waals surface area contributed by atoms with E-state index in [1.165, 1.54) is 25.2 Å². The maximum absolute atomic E-state index is 14.3. The monoisotopic (exact) mass is 245 g/mol. The Labute approximate surface area is 96.1 Å². The number of aryl methyl sites for hydroxylation is 1. The average molecular weight is 245 g/mol. The summed E-state index contributed by atoms with van der Waals surface area (Å²) in [5.41, 5.74) is -4.87. The zero-order chi connectivity index (χ0) is 12.6. The van der Waals surface area contributed by atoms with Crippen molar-refractivity contribution in [2.45, 2.75) is 38.2 Å². The summed E-state index contributed by atoms with van der Waals surface area (Å²) in [5, 5.41) is 0. The summed E-state index contributed by atoms with van der Waals surface area (Å²) in [7, 11) is -2.03. The van der Waals surface area contributed by atoms with E-state index >= 15 is 0 Å². The quantitative estimate of drug-likeness (QED) is 0.703. The van der Waals surface area contributed by atoms with Crippen molar-refractivity contribution < 1.29 is 13.2 Å². The molecule has 1 radical (unpaired) electrons. The van der Waals surface area contributed by atoms with E-state index in [0.717, 1.165) is 12.5 Å². The number of hydrogen-bond acceptors (Lipinski definition) is 0. The van der Waals surface area contributed by atoms with E-state index in [0.29, 0.717) is 0 Å². The highest BCUT2D eigenvalue weighted by atomic mass is 28.3. The Morgan fingerprint density at radius 1 is 1.00 bits per heavy atom. The van der Waals surface area contributed by atoms with Crippen molar-refractivity contribution in [1.29, 1.82) is 0 Å². The van der Waals surface area contributed by atoms with E-state index in [9.17, 15) is 13.2 Å². The fourth-order valence-corrected chi connectivity index (χ4v) is 2.60. The van der Waals surface area contributed by atoms with Crippen LogP contribution in [0.2, 0.25) is 13.1 Å². The Bertz CT molecular complexity index is 355. The van der Waals surface area contributed by atoms with Gasteiger partial charge in [0.15, 0.2) is 5.67 Å². The second-order valence-electron chi connectivity index (χ2n) is 4.44. The number of benzene rings is 1. The maximum atomic E-state index is 14.3. The Morgan fingerprint density at radius 3 is 1.81 bits per heavy atom. The highest BCUT2D eigenvalue weighted by Gasteiger charge is 2.54. The van der Waals surface area contributed by atoms with Gasteiger partial charge in [-0.1, -0.05) is 42.9 Å². The third-order valence-corrected chi connectivity index (χ3v) is 4.54. The van der Waals surface area contributed by atoms with Gasteiger partial charge in [0.2, 0.25) is 0 Å². The summed E-state index contributed by atoms with van der Waals surface area (Å²) in [6.45, 7) is 5.66. The molecule has 0 aliphatic rings. The number of rotatable bonds is 3. The Hall–Kier alpha value is -0.773. The topological polar surface area (TPSA) is 0 Å². The molecule has 1 aromatic rings. The van der Waals surface area contributed by atoms with Crippen LogP contribution in [-0.4, -0.2) is 14.3 Å². The van der Waals surface area contributed by atoms with Crippen LogP contribution in [0.1, 0.15) is 18.1 Å². The summed E-state index contributed by atoms with van der Waals surface area (Å²) in [5.74, 6) is 0. The molecule has 4 heteroatoms. The first-order valence-corrected chi connectivity index (χ1v) is 7.64. The van der Waals surface area contributed by atoms with Gasteiger partial charge in [0, 0.05) is 0 Å². The zero-order valence-corrected chi connectivity index (χ0v) is 10.9. The number of hydrogen-bond donors (Lipinski definition) is 0. The molecule has 1 aromatic carbocycles. The van der Waals surface area contributed by atoms with Crippen molar-refractivity contribution in [3.63, 3.8) is 0 Å². The third-order valence-electron chi connectivity index (χ3n) is 2.81. The number of halogens is 3. The van der Waals surface area contributed by atoms with E-state index in [1.807, 2.05) is 6.92 Å². The normalized spacial score (nSPS) is 16.2. The lowest BCUT2D eigenvalue weighted by Crippen LogP contribution is -2.48. The molecule has 1 unspecified atom stereocenters. The molecule has 0 spiro atoms. The molecule has 0 aliphatic heterocycles. The summed E-state index contributed by atoms with van der Waals surface area (Å²) < 4.78 is 41.8. The summed E-state index contributed by atoms with van der Waals surface area (Å²) in [4.78, 5) is 0. The lowest BCUT2D eigenvalue weighted by Gasteiger charge is -2.33. The predicted molar refractivity (Wildman–Crippen MR) is 62.1 cm³/mol. The molecule has 0 aromatic heterocycles. The molecule has 0 saturated carbocycles. The smallest absolute Gasteiger partial charge is 0.233 e. The second-order valence-corrected chi connectivity index (χ2v) is 7.07. The SMILES string of the molecule is Cc1ccc(C(C)(F)C(F)(F)[Si](C)C)cc1. The minimum Gasteiger partial charge on any atom is -0.233 e. The summed E-state index contributed by atoms with van der Waals surface area (Å²) in [6.07, 6.45) is 0. The molecule has 0 amide bonds. The standard InChI is InChI=1S/C12H16F3Si/c1-9-5-7-10(8-6-9)11(2,13)12(14,15)16(3)4/h5-8H,1-4H3. The Balaban J connectivity index is 3.15. The van der Waals surface area contributed by atoms with Gasteiger partial charge in [-0.2, -0.15) is 0 Å². The van der Waals surface area contributed by atoms with Crippen molar-refractivity contribution >= 4 is 8.80 Å². The van der Waals surface area contributed by atoms with Gasteiger partial charge in [-0.3, -0.25) is 0 Å². The molecule has 0 N–H and O–H groups in total. The first-order valence-electron chi connectivity index (χ1n) is 5.14. The molecule has 0 bridgehead atoms. The van der Waals surface area contributed by atoms with Crippen LogP contribution in [0, 0.1) is 6.92 Å². The van der Waals surface area contributed by atoms with Gasteiger partial charge >= 0.3 is 0 Å². The minimum atomic E-state index is -3.27. The van der Waals surface area contributed by atoms with Crippen molar-refractivity contribution in [3.05, 3.63) is 35.4 Å². The second kappa shape index (κ2) is 4.24. The minimum absolute atomic E-state index is 0.0503. The Kier molecular flexibility index (Phi) is 3.52. The molecule has 0 saturated heterocycles. The van der Waals surface area contributed by atoms with Gasteiger partial charge in [0.25, 0.3) is 5.55 Å². The third kappa shape index (κ3) is 2.16. The van der Waals surface area contributed by atoms with Gasteiger partial charge in [0.1, 0.15) is 8.80 Å². The zero-order valence-electron chi connectivity index (χ0n) is 9.94. The summed E-state index contributed by atoms with van der Waals surface area (Å²) >= 11 is 0. The van der Waals surface area contributed by atoms with E-state index in [4.69, 9.17) is 0 Å². The molecule has 16 heavy (non-hydrogen) atoms. The fourth-order valence-electron chi connectivity index (χ4n) is 1.52. The maximum Gasteiger partial charge on any atom is 0.263 e. The van der Waals surface area contributed by atoms with Gasteiger partial charge in [-0.05, 0) is 19.4 Å². The molecule has 0 heterocycles. The first-order chi connectivity index (χ1) is 7.19. The fraction of sp³-hybridized carbons (Fsp3) is 0.500. The molecule has 0 nitrogen and oxygen atoms in total. The van der Waals surface area contributed by atoms with E-state index in [1.54, 1.807) is 12.1 Å². The van der Waals surface area contributed by atoms with Crippen molar-refractivity contribution in [1.82, 2.24) is 0 Å². The van der Waals surface area contributed by atoms with Crippen molar-refractivity contribution in [3.8, 4) is 0 Å². The van der Waals surface area contributed by atoms with Gasteiger partial charge in [0.05, 0.1) is 0 Å². The average Bonchev–Trinajstić information content (AvgIpc) is 2.17. The van der Waals surface area contributed by atoms with E-state index in [2.05, 4.69) is 0 Å². The van der Waals surface area contributed by atoms with Gasteiger partial charge < -0.3 is 0 Å². The lowest BCUT2D eigenvalue weighted by atomic mass is 9.97. The van der Waals surface area contributed by atoms with Crippen LogP contribution < -0.4 is 0 Å². The molecule has 0 aliphatic carbocycles. The van der Waals surface area contributed by atoms with Crippen LogP contribution in [0.4, 0.5) is 13.2 Å². The highest BCUT2D eigenvalue weighted by molar-refractivity contribution is 6.58. The van der Waals surface area contributed by atoms with E-state index in [-0.39, 0.29) is 5.56 Å². The van der Waals surface area contributed by atoms with Crippen LogP contribution in [-0.2, 0) is 5.67 Å². The molecule has 1 rings (SSSR count). The van der Waals surface area contributed by atoms with Crippen molar-refractivity contribution in [2.24, 2.45) is 0 Å². The highest BCUT2D eigenvalue weighted by Crippen LogP contribution is 2.42. The molecular weight excluding hydrogens is 229 g/mol. The van der Waals surface area contributed by atoms with Crippen LogP contribution in [0.15, 0.2) is 24.3 Å². The molecule has 0 fully saturated rings. The largest absolute Gasteiger partial charge is 0.263 e.